The van der Waals surface area contributed by atoms with E-state index >= 15 is 0 Å². The van der Waals surface area contributed by atoms with Gasteiger partial charge in [-0.25, -0.2) is 0 Å². The Hall–Kier alpha value is -2.06. The number of nitriles is 1. The molecule has 1 heterocycles. The SMILES string of the molecule is COCCCNC(=O)C(C#N)=Cc1cc(C)n(C)c1C. The lowest BCUT2D eigenvalue weighted by molar-refractivity contribution is -0.117. The molecule has 0 unspecified atom stereocenters. The predicted octanol–water partition coefficient (Wildman–Crippen LogP) is 1.70. The number of aryl methyl sites for hydroxylation is 1. The largest absolute Gasteiger partial charge is 0.385 e. The molecular weight excluding hydrogens is 254 g/mol. The van der Waals surface area contributed by atoms with Crippen LogP contribution in [-0.4, -0.2) is 30.7 Å². The van der Waals surface area contributed by atoms with Gasteiger partial charge in [-0.05, 0) is 38.0 Å². The lowest BCUT2D eigenvalue weighted by atomic mass is 10.1. The number of nitrogens with one attached hydrogen (secondary N) is 1. The molecule has 0 aliphatic rings. The summed E-state index contributed by atoms with van der Waals surface area (Å²) < 4.78 is 6.93. The second-order valence-electron chi connectivity index (χ2n) is 4.66. The van der Waals surface area contributed by atoms with Gasteiger partial charge in [-0.2, -0.15) is 5.26 Å². The van der Waals surface area contributed by atoms with Crippen molar-refractivity contribution < 1.29 is 9.53 Å². The van der Waals surface area contributed by atoms with Crippen LogP contribution in [0, 0.1) is 25.2 Å². The van der Waals surface area contributed by atoms with E-state index in [9.17, 15) is 4.79 Å². The summed E-state index contributed by atoms with van der Waals surface area (Å²) in [5.74, 6) is -0.343. The number of amides is 1. The summed E-state index contributed by atoms with van der Waals surface area (Å²) in [6, 6.07) is 3.92. The van der Waals surface area contributed by atoms with Gasteiger partial charge in [0.1, 0.15) is 11.6 Å². The molecular formula is C15H21N3O2. The maximum absolute atomic E-state index is 11.9. The van der Waals surface area contributed by atoms with Crippen molar-refractivity contribution in [2.45, 2.75) is 20.3 Å². The summed E-state index contributed by atoms with van der Waals surface area (Å²) >= 11 is 0. The number of rotatable bonds is 6. The first kappa shape index (κ1) is 16.0. The van der Waals surface area contributed by atoms with E-state index in [1.165, 1.54) is 0 Å². The first-order valence-electron chi connectivity index (χ1n) is 6.53. The van der Waals surface area contributed by atoms with Gasteiger partial charge in [-0.15, -0.1) is 0 Å². The quantitative estimate of drug-likeness (QED) is 0.488. The highest BCUT2D eigenvalue weighted by atomic mass is 16.5. The van der Waals surface area contributed by atoms with Crippen LogP contribution >= 0.6 is 0 Å². The molecule has 0 aliphatic heterocycles. The van der Waals surface area contributed by atoms with Crippen LogP contribution in [0.4, 0.5) is 0 Å². The van der Waals surface area contributed by atoms with Crippen LogP contribution in [0.25, 0.3) is 6.08 Å². The van der Waals surface area contributed by atoms with E-state index in [1.54, 1.807) is 13.2 Å². The van der Waals surface area contributed by atoms with Crippen LogP contribution < -0.4 is 5.32 Å². The van der Waals surface area contributed by atoms with Crippen LogP contribution in [0.5, 0.6) is 0 Å². The average molecular weight is 275 g/mol. The molecule has 0 radical (unpaired) electrons. The Morgan fingerprint density at radius 3 is 2.75 bits per heavy atom. The van der Waals surface area contributed by atoms with E-state index in [-0.39, 0.29) is 11.5 Å². The van der Waals surface area contributed by atoms with Crippen molar-refractivity contribution in [3.05, 3.63) is 28.6 Å². The monoisotopic (exact) mass is 275 g/mol. The Morgan fingerprint density at radius 2 is 2.25 bits per heavy atom. The lowest BCUT2D eigenvalue weighted by Gasteiger charge is -2.04. The number of methoxy groups -OCH3 is 1. The molecule has 0 aromatic carbocycles. The maximum Gasteiger partial charge on any atom is 0.261 e. The normalized spacial score (nSPS) is 11.2. The van der Waals surface area contributed by atoms with Crippen molar-refractivity contribution in [1.82, 2.24) is 9.88 Å². The fourth-order valence-corrected chi connectivity index (χ4v) is 1.85. The fraction of sp³-hybridized carbons (Fsp3) is 0.467. The van der Waals surface area contributed by atoms with Crippen molar-refractivity contribution in [1.29, 1.82) is 5.26 Å². The zero-order chi connectivity index (χ0) is 15.1. The summed E-state index contributed by atoms with van der Waals surface area (Å²) in [6.45, 7) is 5.03. The Balaban J connectivity index is 2.79. The van der Waals surface area contributed by atoms with E-state index in [1.807, 2.05) is 37.6 Å². The second kappa shape index (κ2) is 7.51. The number of ether oxygens (including phenoxy) is 1. The molecule has 0 saturated heterocycles. The van der Waals surface area contributed by atoms with Crippen LogP contribution in [-0.2, 0) is 16.6 Å². The number of nitrogens with zero attached hydrogens (tertiary/aromatic N) is 2. The molecule has 0 fully saturated rings. The summed E-state index contributed by atoms with van der Waals surface area (Å²) in [5.41, 5.74) is 3.14. The summed E-state index contributed by atoms with van der Waals surface area (Å²) in [7, 11) is 3.57. The molecule has 0 saturated carbocycles. The number of hydrogen-bond acceptors (Lipinski definition) is 3. The highest BCUT2D eigenvalue weighted by molar-refractivity contribution is 6.01. The van der Waals surface area contributed by atoms with Crippen molar-refractivity contribution in [2.75, 3.05) is 20.3 Å². The number of hydrogen-bond donors (Lipinski definition) is 1. The van der Waals surface area contributed by atoms with Crippen molar-refractivity contribution >= 4 is 12.0 Å². The van der Waals surface area contributed by atoms with Gasteiger partial charge in [0.2, 0.25) is 0 Å². The summed E-state index contributed by atoms with van der Waals surface area (Å²) in [6.07, 6.45) is 2.36. The molecule has 20 heavy (non-hydrogen) atoms. The number of carbonyl (C=O) groups is 1. The smallest absolute Gasteiger partial charge is 0.261 e. The second-order valence-corrected chi connectivity index (χ2v) is 4.66. The molecule has 5 heteroatoms. The highest BCUT2D eigenvalue weighted by Crippen LogP contribution is 2.16. The van der Waals surface area contributed by atoms with E-state index in [0.717, 1.165) is 23.4 Å². The molecule has 0 bridgehead atoms. The Kier molecular flexibility index (Phi) is 6.01. The van der Waals surface area contributed by atoms with E-state index in [2.05, 4.69) is 5.32 Å². The average Bonchev–Trinajstić information content (AvgIpc) is 2.68. The molecule has 1 aromatic rings. The van der Waals surface area contributed by atoms with Gasteiger partial charge < -0.3 is 14.6 Å². The van der Waals surface area contributed by atoms with Gasteiger partial charge in [0, 0.05) is 38.7 Å². The standard InChI is InChI=1S/C15H21N3O2/c1-11-8-13(12(2)18(11)3)9-14(10-16)15(19)17-6-5-7-20-4/h8-9H,5-7H2,1-4H3,(H,17,19). The van der Waals surface area contributed by atoms with Crippen LogP contribution in [0.2, 0.25) is 0 Å². The molecule has 0 aliphatic carbocycles. The van der Waals surface area contributed by atoms with Gasteiger partial charge in [-0.3, -0.25) is 4.79 Å². The fourth-order valence-electron chi connectivity index (χ4n) is 1.85. The predicted molar refractivity (Wildman–Crippen MR) is 78.0 cm³/mol. The van der Waals surface area contributed by atoms with Crippen molar-refractivity contribution in [2.24, 2.45) is 7.05 Å². The van der Waals surface area contributed by atoms with Gasteiger partial charge >= 0.3 is 0 Å². The number of carbonyl (C=O) groups excluding carboxylic acids is 1. The minimum absolute atomic E-state index is 0.121. The zero-order valence-corrected chi connectivity index (χ0v) is 12.5. The Morgan fingerprint density at radius 1 is 1.55 bits per heavy atom. The summed E-state index contributed by atoms with van der Waals surface area (Å²) in [4.78, 5) is 11.9. The van der Waals surface area contributed by atoms with Crippen LogP contribution in [0.1, 0.15) is 23.4 Å². The van der Waals surface area contributed by atoms with Crippen LogP contribution in [0.15, 0.2) is 11.6 Å². The van der Waals surface area contributed by atoms with Crippen molar-refractivity contribution in [3.8, 4) is 6.07 Å². The Labute approximate surface area is 119 Å². The topological polar surface area (TPSA) is 67.0 Å². The first-order chi connectivity index (χ1) is 9.51. The molecule has 1 amide bonds. The molecule has 1 rings (SSSR count). The molecule has 5 nitrogen and oxygen atoms in total. The van der Waals surface area contributed by atoms with Gasteiger partial charge in [0.15, 0.2) is 0 Å². The zero-order valence-electron chi connectivity index (χ0n) is 12.5. The van der Waals surface area contributed by atoms with E-state index < -0.39 is 0 Å². The molecule has 108 valence electrons. The summed E-state index contributed by atoms with van der Waals surface area (Å²) in [5, 5.41) is 11.8. The molecule has 0 spiro atoms. The van der Waals surface area contributed by atoms with Gasteiger partial charge in [0.25, 0.3) is 5.91 Å². The third-order valence-electron chi connectivity index (χ3n) is 3.29. The Bertz CT molecular complexity index is 550. The molecule has 0 atom stereocenters. The minimum atomic E-state index is -0.343. The van der Waals surface area contributed by atoms with E-state index in [4.69, 9.17) is 10.00 Å². The lowest BCUT2D eigenvalue weighted by Crippen LogP contribution is -2.26. The minimum Gasteiger partial charge on any atom is -0.385 e. The third-order valence-corrected chi connectivity index (χ3v) is 3.29. The van der Waals surface area contributed by atoms with E-state index in [0.29, 0.717) is 13.2 Å². The van der Waals surface area contributed by atoms with Crippen molar-refractivity contribution in [3.63, 3.8) is 0 Å². The van der Waals surface area contributed by atoms with Gasteiger partial charge in [0.05, 0.1) is 0 Å². The number of aromatic nitrogens is 1. The highest BCUT2D eigenvalue weighted by Gasteiger charge is 2.11. The first-order valence-corrected chi connectivity index (χ1v) is 6.53. The maximum atomic E-state index is 11.9. The third kappa shape index (κ3) is 3.97. The molecule has 1 N–H and O–H groups in total. The van der Waals surface area contributed by atoms with Gasteiger partial charge in [-0.1, -0.05) is 0 Å². The molecule has 1 aromatic heterocycles. The van der Waals surface area contributed by atoms with Crippen LogP contribution in [0.3, 0.4) is 0 Å².